The van der Waals surface area contributed by atoms with Gasteiger partial charge < -0.3 is 14.4 Å². The number of halogens is 3. The highest BCUT2D eigenvalue weighted by molar-refractivity contribution is 5.96. The predicted molar refractivity (Wildman–Crippen MR) is 154 cm³/mol. The van der Waals surface area contributed by atoms with Gasteiger partial charge in [0.2, 0.25) is 5.91 Å². The summed E-state index contributed by atoms with van der Waals surface area (Å²) in [5, 5.41) is 0. The number of benzene rings is 2. The van der Waals surface area contributed by atoms with E-state index in [4.69, 9.17) is 0 Å². The van der Waals surface area contributed by atoms with Crippen LogP contribution in [0.5, 0.6) is 0 Å². The molecule has 1 saturated carbocycles. The van der Waals surface area contributed by atoms with Gasteiger partial charge in [-0.15, -0.1) is 0 Å². The zero-order chi connectivity index (χ0) is 29.4. The van der Waals surface area contributed by atoms with E-state index in [1.807, 2.05) is 55.3 Å². The molecule has 1 aliphatic carbocycles. The summed E-state index contributed by atoms with van der Waals surface area (Å²) in [6, 6.07) is 18.7. The van der Waals surface area contributed by atoms with Gasteiger partial charge in [0.05, 0.1) is 12.1 Å². The van der Waals surface area contributed by atoms with E-state index in [-0.39, 0.29) is 30.0 Å². The molecule has 41 heavy (non-hydrogen) atoms. The Bertz CT molecular complexity index is 1280. The van der Waals surface area contributed by atoms with E-state index >= 15 is 0 Å². The number of amides is 2. The molecule has 0 bridgehead atoms. The molecule has 1 fully saturated rings. The highest BCUT2D eigenvalue weighted by atomic mass is 19.4. The van der Waals surface area contributed by atoms with Gasteiger partial charge in [-0.2, -0.15) is 13.2 Å². The third-order valence-corrected chi connectivity index (χ3v) is 7.81. The topological polar surface area (TPSA) is 45.6 Å². The molecule has 0 atom stereocenters. The first-order valence-corrected chi connectivity index (χ1v) is 14.6. The van der Waals surface area contributed by atoms with Crippen molar-refractivity contribution in [2.24, 2.45) is 5.92 Å². The molecule has 1 aromatic heterocycles. The first-order chi connectivity index (χ1) is 19.6. The van der Waals surface area contributed by atoms with E-state index in [1.165, 1.54) is 17.0 Å². The summed E-state index contributed by atoms with van der Waals surface area (Å²) in [5.74, 6) is -0.466. The normalized spacial score (nSPS) is 14.3. The van der Waals surface area contributed by atoms with Crippen molar-refractivity contribution >= 4 is 11.8 Å². The highest BCUT2D eigenvalue weighted by Gasteiger charge is 2.32. The van der Waals surface area contributed by atoms with E-state index in [2.05, 4.69) is 16.7 Å². The Morgan fingerprint density at radius 3 is 2.37 bits per heavy atom. The van der Waals surface area contributed by atoms with Crippen LogP contribution in [-0.4, -0.2) is 45.3 Å². The van der Waals surface area contributed by atoms with Crippen molar-refractivity contribution in [1.29, 1.82) is 0 Å². The number of hydrogen-bond acceptors (Lipinski definition) is 2. The summed E-state index contributed by atoms with van der Waals surface area (Å²) in [6.45, 7) is 5.26. The zero-order valence-electron chi connectivity index (χ0n) is 23.9. The molecule has 2 amide bonds. The first-order valence-electron chi connectivity index (χ1n) is 14.6. The Morgan fingerprint density at radius 1 is 0.951 bits per heavy atom. The molecule has 1 aliphatic rings. The van der Waals surface area contributed by atoms with Gasteiger partial charge >= 0.3 is 6.18 Å². The van der Waals surface area contributed by atoms with Gasteiger partial charge in [-0.25, -0.2) is 0 Å². The third-order valence-electron chi connectivity index (χ3n) is 7.81. The van der Waals surface area contributed by atoms with E-state index in [1.54, 1.807) is 0 Å². The van der Waals surface area contributed by atoms with Crippen molar-refractivity contribution in [3.63, 3.8) is 0 Å². The van der Waals surface area contributed by atoms with Crippen LogP contribution < -0.4 is 0 Å². The fraction of sp³-hybridized carbons (Fsp3) is 0.455. The second-order valence-corrected chi connectivity index (χ2v) is 11.4. The smallest absolute Gasteiger partial charge is 0.345 e. The summed E-state index contributed by atoms with van der Waals surface area (Å²) in [5.41, 5.74) is 1.23. The predicted octanol–water partition coefficient (Wildman–Crippen LogP) is 7.41. The van der Waals surface area contributed by atoms with Crippen LogP contribution in [0.25, 0.3) is 0 Å². The Balaban J connectivity index is 1.57. The summed E-state index contributed by atoms with van der Waals surface area (Å²) in [4.78, 5) is 30.9. The lowest BCUT2D eigenvalue weighted by Gasteiger charge is -2.36. The van der Waals surface area contributed by atoms with Crippen LogP contribution in [0, 0.1) is 5.92 Å². The Hall–Kier alpha value is -3.55. The van der Waals surface area contributed by atoms with Gasteiger partial charge in [0.15, 0.2) is 0 Å². The van der Waals surface area contributed by atoms with Crippen molar-refractivity contribution in [3.8, 4) is 0 Å². The molecule has 4 rings (SSSR count). The van der Waals surface area contributed by atoms with Gasteiger partial charge in [-0.3, -0.25) is 9.59 Å². The lowest BCUT2D eigenvalue weighted by molar-refractivity contribution is -0.138. The summed E-state index contributed by atoms with van der Waals surface area (Å²) < 4.78 is 42.3. The molecule has 0 N–H and O–H groups in total. The Labute approximate surface area is 241 Å². The van der Waals surface area contributed by atoms with E-state index in [0.29, 0.717) is 26.1 Å². The molecular weight excluding hydrogens is 527 g/mol. The van der Waals surface area contributed by atoms with Gasteiger partial charge in [-0.05, 0) is 61.1 Å². The Kier molecular flexibility index (Phi) is 10.3. The molecule has 5 nitrogen and oxygen atoms in total. The van der Waals surface area contributed by atoms with Crippen molar-refractivity contribution in [3.05, 3.63) is 95.3 Å². The van der Waals surface area contributed by atoms with E-state index < -0.39 is 17.6 Å². The maximum atomic E-state index is 14.0. The van der Waals surface area contributed by atoms with Crippen LogP contribution >= 0.6 is 0 Å². The molecule has 1 heterocycles. The first kappa shape index (κ1) is 30.4. The van der Waals surface area contributed by atoms with E-state index in [9.17, 15) is 22.8 Å². The number of carbonyl (C=O) groups is 2. The standard InChI is InChI=1S/C33H40F3N3O2/c1-25(2)18-20-38(32(41)27-13-9-14-28(21-27)33(34,35)36)24-31(40)39(29-15-7-4-8-16-29)23-30-17-10-19-37(30)22-26-11-5-3-6-12-26/h3,5-6,9-14,17,19,21,25,29H,4,7-8,15-16,18,20,22-24H2,1-2H3. The number of carbonyl (C=O) groups excluding carboxylic acids is 2. The minimum atomic E-state index is -4.55. The fourth-order valence-corrected chi connectivity index (χ4v) is 5.45. The number of rotatable bonds is 11. The highest BCUT2D eigenvalue weighted by Crippen LogP contribution is 2.30. The molecule has 2 aromatic carbocycles. The van der Waals surface area contributed by atoms with Crippen LogP contribution in [0.2, 0.25) is 0 Å². The molecular formula is C33H40F3N3O2. The van der Waals surface area contributed by atoms with Crippen molar-refractivity contribution in [1.82, 2.24) is 14.4 Å². The molecule has 3 aromatic rings. The van der Waals surface area contributed by atoms with Crippen LogP contribution in [0.4, 0.5) is 13.2 Å². The van der Waals surface area contributed by atoms with Crippen molar-refractivity contribution < 1.29 is 22.8 Å². The maximum absolute atomic E-state index is 14.0. The van der Waals surface area contributed by atoms with Crippen LogP contribution in [-0.2, 0) is 24.1 Å². The number of alkyl halides is 3. The number of hydrogen-bond donors (Lipinski definition) is 0. The van der Waals surface area contributed by atoms with E-state index in [0.717, 1.165) is 55.5 Å². The zero-order valence-corrected chi connectivity index (χ0v) is 23.9. The SMILES string of the molecule is CC(C)CCN(CC(=O)N(Cc1cccn1Cc1ccccc1)C1CCCCC1)C(=O)c1cccc(C(F)(F)F)c1. The second kappa shape index (κ2) is 13.9. The maximum Gasteiger partial charge on any atom is 0.416 e. The lowest BCUT2D eigenvalue weighted by atomic mass is 9.94. The molecule has 8 heteroatoms. The summed E-state index contributed by atoms with van der Waals surface area (Å²) in [7, 11) is 0. The lowest BCUT2D eigenvalue weighted by Crippen LogP contribution is -2.48. The Morgan fingerprint density at radius 2 is 1.68 bits per heavy atom. The minimum Gasteiger partial charge on any atom is -0.345 e. The van der Waals surface area contributed by atoms with Crippen molar-refractivity contribution in [2.75, 3.05) is 13.1 Å². The number of nitrogens with zero attached hydrogens (tertiary/aromatic N) is 3. The number of aromatic nitrogens is 1. The van der Waals surface area contributed by atoms with Crippen LogP contribution in [0.1, 0.15) is 79.6 Å². The molecule has 0 aliphatic heterocycles. The monoisotopic (exact) mass is 567 g/mol. The average molecular weight is 568 g/mol. The minimum absolute atomic E-state index is 0.0580. The fourth-order valence-electron chi connectivity index (χ4n) is 5.45. The molecule has 0 saturated heterocycles. The largest absolute Gasteiger partial charge is 0.416 e. The van der Waals surface area contributed by atoms with Gasteiger partial charge in [0, 0.05) is 36.6 Å². The third kappa shape index (κ3) is 8.47. The molecule has 0 unspecified atom stereocenters. The quantitative estimate of drug-likeness (QED) is 0.242. The van der Waals surface area contributed by atoms with Gasteiger partial charge in [0.25, 0.3) is 5.91 Å². The summed E-state index contributed by atoms with van der Waals surface area (Å²) in [6.07, 6.45) is 3.12. The molecule has 0 radical (unpaired) electrons. The van der Waals surface area contributed by atoms with Gasteiger partial charge in [-0.1, -0.05) is 69.5 Å². The molecule has 220 valence electrons. The molecule has 0 spiro atoms. The van der Waals surface area contributed by atoms with Crippen LogP contribution in [0.15, 0.2) is 72.9 Å². The summed E-state index contributed by atoms with van der Waals surface area (Å²) >= 11 is 0. The van der Waals surface area contributed by atoms with Crippen LogP contribution in [0.3, 0.4) is 0 Å². The average Bonchev–Trinajstić information content (AvgIpc) is 3.40. The van der Waals surface area contributed by atoms with Gasteiger partial charge in [0.1, 0.15) is 6.54 Å². The van der Waals surface area contributed by atoms with Crippen molar-refractivity contribution in [2.45, 2.75) is 77.7 Å². The second-order valence-electron chi connectivity index (χ2n) is 11.4.